The molecule has 0 fully saturated rings. The number of ether oxygens (including phenoxy) is 1. The molecule has 3 aliphatic heterocycles. The molecule has 0 amide bonds. The van der Waals surface area contributed by atoms with Crippen LogP contribution in [0.15, 0.2) is 234 Å². The third kappa shape index (κ3) is 17.4. The molecular formula is C70H53Cl6N13O3. The standard InChI is InChI=1S/C28H22Cl2N4O.C21H15Cl2N5O2.C21H16Cl2N4/c29-25-10-5-11-26(30)24(25)16-22-14-20(17-32-22)27-12-13-31-28(34-27)33-21-8-4-9-23(15-21)35-18-19-6-2-1-3-7-19;22-18-2-1-3-19(23)17(18)11-15-10-13(12-25-15)20-8-9-24-21(27-20)26-14-4-6-16(7-5-14)28(29)30;22-18-7-4-8-19(23)17(18)12-16-11-14(13-25-16)20-9-10-24-21(27-20)26-15-5-2-1-3-6-15/h1-13,15,17H,14,16,18H2,(H,31,33,34);1-9,12H,10-11H2,(H,24,26,27);1-10,13H,11-12H2,(H,24,26,27). The van der Waals surface area contributed by atoms with Gasteiger partial charge in [-0.1, -0.05) is 142 Å². The summed E-state index contributed by atoms with van der Waals surface area (Å²) in [5, 5.41) is 24.2. The maximum atomic E-state index is 10.8. The summed E-state index contributed by atoms with van der Waals surface area (Å²) in [6.45, 7) is 0.506. The number of rotatable bonds is 19. The number of non-ortho nitro benzene ring substituents is 1. The summed E-state index contributed by atoms with van der Waals surface area (Å²) in [5.41, 5.74) is 14.6. The lowest BCUT2D eigenvalue weighted by Crippen LogP contribution is -2.04. The van der Waals surface area contributed by atoms with Crippen molar-refractivity contribution in [2.24, 2.45) is 15.0 Å². The van der Waals surface area contributed by atoms with Crippen molar-refractivity contribution in [1.82, 2.24) is 29.9 Å². The van der Waals surface area contributed by atoms with Crippen LogP contribution in [0.25, 0.3) is 16.7 Å². The average molecular weight is 1340 g/mol. The Labute approximate surface area is 560 Å². The van der Waals surface area contributed by atoms with E-state index in [1.165, 1.54) is 12.1 Å². The number of nitro groups is 1. The molecule has 0 radical (unpaired) electrons. The van der Waals surface area contributed by atoms with Crippen molar-refractivity contribution in [1.29, 1.82) is 0 Å². The summed E-state index contributed by atoms with van der Waals surface area (Å²) in [5.74, 6) is 2.23. The maximum absolute atomic E-state index is 10.8. The highest BCUT2D eigenvalue weighted by molar-refractivity contribution is 6.37. The van der Waals surface area contributed by atoms with E-state index in [0.717, 1.165) is 90.3 Å². The fourth-order valence-corrected chi connectivity index (χ4v) is 11.3. The molecule has 22 heteroatoms. The SMILES string of the molecule is Clc1cccc(Cl)c1CC1=NC=C(c2ccnc(Nc3cccc(OCc4ccccc4)c3)n2)C1.Clc1cccc(Cl)c1CC1=NC=C(c2ccnc(Nc3ccccc3)n2)C1.O=[N+]([O-])c1ccc(Nc2nccc(C3=CN=C(Cc4c(Cl)cccc4Cl)C3)n2)cc1. The number of nitro benzene ring substituents is 1. The molecule has 6 heterocycles. The highest BCUT2D eigenvalue weighted by Crippen LogP contribution is 2.34. The highest BCUT2D eigenvalue weighted by atomic mass is 35.5. The van der Waals surface area contributed by atoms with Gasteiger partial charge in [0.2, 0.25) is 17.8 Å². The van der Waals surface area contributed by atoms with Gasteiger partial charge in [0.05, 0.1) is 22.0 Å². The number of nitrogens with zero attached hydrogens (tertiary/aromatic N) is 10. The van der Waals surface area contributed by atoms with Crippen molar-refractivity contribution in [2.45, 2.75) is 45.1 Å². The summed E-state index contributed by atoms with van der Waals surface area (Å²) in [6, 6.07) is 55.8. The lowest BCUT2D eigenvalue weighted by molar-refractivity contribution is -0.384. The molecule has 3 aromatic heterocycles. The van der Waals surface area contributed by atoms with Gasteiger partial charge in [0, 0.05) is 175 Å². The minimum atomic E-state index is -0.444. The molecule has 3 N–H and O–H groups in total. The summed E-state index contributed by atoms with van der Waals surface area (Å²) < 4.78 is 5.93. The quantitative estimate of drug-likeness (QED) is 0.0511. The number of allylic oxidation sites excluding steroid dienone is 3. The Kier molecular flexibility index (Phi) is 21.5. The molecule has 7 aromatic carbocycles. The van der Waals surface area contributed by atoms with Crippen LogP contribution in [0.1, 0.15) is 58.6 Å². The first kappa shape index (κ1) is 63.9. The molecule has 0 spiro atoms. The van der Waals surface area contributed by atoms with E-state index in [9.17, 15) is 10.1 Å². The Morgan fingerprint density at radius 1 is 0.413 bits per heavy atom. The minimum Gasteiger partial charge on any atom is -0.489 e. The van der Waals surface area contributed by atoms with Gasteiger partial charge in [0.15, 0.2) is 0 Å². The monoisotopic (exact) mass is 1330 g/mol. The van der Waals surface area contributed by atoms with Crippen molar-refractivity contribution in [3.05, 3.63) is 299 Å². The van der Waals surface area contributed by atoms with Gasteiger partial charge in [-0.05, 0) is 113 Å². The zero-order valence-corrected chi connectivity index (χ0v) is 53.2. The van der Waals surface area contributed by atoms with Crippen LogP contribution < -0.4 is 20.7 Å². The van der Waals surface area contributed by atoms with Gasteiger partial charge in [-0.2, -0.15) is 0 Å². The second-order valence-corrected chi connectivity index (χ2v) is 23.3. The maximum Gasteiger partial charge on any atom is 0.269 e. The van der Waals surface area contributed by atoms with Crippen LogP contribution >= 0.6 is 69.6 Å². The van der Waals surface area contributed by atoms with Crippen LogP contribution in [-0.4, -0.2) is 52.0 Å². The van der Waals surface area contributed by atoms with E-state index >= 15 is 0 Å². The number of para-hydroxylation sites is 1. The Balaban J connectivity index is 0.000000143. The van der Waals surface area contributed by atoms with Crippen molar-refractivity contribution >= 4 is 144 Å². The van der Waals surface area contributed by atoms with Crippen LogP contribution in [0.4, 0.5) is 40.6 Å². The first-order valence-corrected chi connectivity index (χ1v) is 31.0. The first-order valence-electron chi connectivity index (χ1n) is 28.7. The zero-order valence-electron chi connectivity index (χ0n) is 48.7. The summed E-state index contributed by atoms with van der Waals surface area (Å²) in [7, 11) is 0. The number of benzene rings is 7. The van der Waals surface area contributed by atoms with Crippen LogP contribution in [-0.2, 0) is 25.9 Å². The second kappa shape index (κ2) is 30.9. The van der Waals surface area contributed by atoms with Gasteiger partial charge in [0.1, 0.15) is 12.4 Å². The normalized spacial score (nSPS) is 13.0. The molecule has 0 saturated carbocycles. The first-order chi connectivity index (χ1) is 44.8. The largest absolute Gasteiger partial charge is 0.489 e. The summed E-state index contributed by atoms with van der Waals surface area (Å²) in [6.07, 6.45) is 14.5. The van der Waals surface area contributed by atoms with E-state index in [2.05, 4.69) is 55.8 Å². The smallest absolute Gasteiger partial charge is 0.269 e. The van der Waals surface area contributed by atoms with Gasteiger partial charge in [-0.3, -0.25) is 25.1 Å². The molecule has 0 atom stereocenters. The van der Waals surface area contributed by atoms with E-state index in [-0.39, 0.29) is 5.69 Å². The van der Waals surface area contributed by atoms with Crippen LogP contribution in [0.3, 0.4) is 0 Å². The lowest BCUT2D eigenvalue weighted by Gasteiger charge is -2.10. The molecule has 13 rings (SSSR count). The Morgan fingerprint density at radius 3 is 1.17 bits per heavy atom. The molecule has 0 aliphatic carbocycles. The molecule has 16 nitrogen and oxygen atoms in total. The molecule has 0 bridgehead atoms. The predicted molar refractivity (Wildman–Crippen MR) is 373 cm³/mol. The number of aromatic nitrogens is 6. The number of hydrogen-bond donors (Lipinski definition) is 3. The van der Waals surface area contributed by atoms with Crippen molar-refractivity contribution in [2.75, 3.05) is 16.0 Å². The molecule has 0 unspecified atom stereocenters. The Morgan fingerprint density at radius 2 is 0.772 bits per heavy atom. The van der Waals surface area contributed by atoms with Crippen molar-refractivity contribution < 1.29 is 9.66 Å². The van der Waals surface area contributed by atoms with E-state index in [4.69, 9.17) is 79.3 Å². The number of aliphatic imine (C=N–C) groups is 3. The Bertz CT molecular complexity index is 4450. The van der Waals surface area contributed by atoms with E-state index in [1.54, 1.807) is 36.9 Å². The third-order valence-electron chi connectivity index (χ3n) is 14.4. The summed E-state index contributed by atoms with van der Waals surface area (Å²) >= 11 is 37.7. The van der Waals surface area contributed by atoms with Crippen molar-refractivity contribution in [3.8, 4) is 5.75 Å². The number of anilines is 6. The molecular weight excluding hydrogens is 1280 g/mol. The number of halogens is 6. The number of nitrogens with one attached hydrogen (secondary N) is 3. The molecule has 92 heavy (non-hydrogen) atoms. The summed E-state index contributed by atoms with van der Waals surface area (Å²) in [4.78, 5) is 50.7. The topological polar surface area (TPSA) is 203 Å². The average Bonchev–Trinajstić information content (AvgIpc) is 1.88. The Hall–Kier alpha value is -9.65. The van der Waals surface area contributed by atoms with Gasteiger partial charge in [-0.25, -0.2) is 29.9 Å². The van der Waals surface area contributed by atoms with Gasteiger partial charge < -0.3 is 20.7 Å². The molecule has 3 aliphatic rings. The van der Waals surface area contributed by atoms with E-state index < -0.39 is 4.92 Å². The minimum absolute atomic E-state index is 0.0228. The van der Waals surface area contributed by atoms with Crippen LogP contribution in [0, 0.1) is 10.1 Å². The fraction of sp³-hybridized carbons (Fsp3) is 0.100. The predicted octanol–water partition coefficient (Wildman–Crippen LogP) is 19.4. The third-order valence-corrected chi connectivity index (χ3v) is 16.5. The van der Waals surface area contributed by atoms with Crippen LogP contribution in [0.5, 0.6) is 5.75 Å². The van der Waals surface area contributed by atoms with Crippen LogP contribution in [0.2, 0.25) is 30.1 Å². The fourth-order valence-electron chi connectivity index (χ4n) is 9.72. The highest BCUT2D eigenvalue weighted by Gasteiger charge is 2.21. The van der Waals surface area contributed by atoms with E-state index in [1.807, 2.05) is 170 Å². The van der Waals surface area contributed by atoms with Gasteiger partial charge in [-0.15, -0.1) is 0 Å². The lowest BCUT2D eigenvalue weighted by atomic mass is 10.0. The number of hydrogen-bond acceptors (Lipinski definition) is 15. The van der Waals surface area contributed by atoms with Crippen molar-refractivity contribution in [3.63, 3.8) is 0 Å². The molecule has 10 aromatic rings. The van der Waals surface area contributed by atoms with Gasteiger partial charge >= 0.3 is 0 Å². The van der Waals surface area contributed by atoms with E-state index in [0.29, 0.717) is 98.8 Å². The zero-order chi connectivity index (χ0) is 63.8. The second-order valence-electron chi connectivity index (χ2n) is 20.9. The molecule has 458 valence electrons. The molecule has 0 saturated heterocycles. The van der Waals surface area contributed by atoms with Gasteiger partial charge in [0.25, 0.3) is 5.69 Å².